The Kier molecular flexibility index (Phi) is 8.46. The van der Waals surface area contributed by atoms with Crippen LogP contribution in [0.3, 0.4) is 0 Å². The highest BCUT2D eigenvalue weighted by Gasteiger charge is 2.31. The second-order valence-corrected chi connectivity index (χ2v) is 9.24. The molecule has 2 atom stereocenters. The van der Waals surface area contributed by atoms with Crippen molar-refractivity contribution < 1.29 is 23.7 Å². The third-order valence-corrected chi connectivity index (χ3v) is 6.62. The van der Waals surface area contributed by atoms with Crippen LogP contribution in [0.15, 0.2) is 60.7 Å². The number of halogens is 4. The highest BCUT2D eigenvalue weighted by atomic mass is 35.5. The van der Waals surface area contributed by atoms with Crippen molar-refractivity contribution in [1.29, 1.82) is 0 Å². The van der Waals surface area contributed by atoms with Crippen molar-refractivity contribution in [3.05, 3.63) is 93.5 Å². The molecule has 4 rings (SSSR count). The van der Waals surface area contributed by atoms with Gasteiger partial charge >= 0.3 is 0 Å². The summed E-state index contributed by atoms with van der Waals surface area (Å²) in [5.74, 6) is -1.35. The summed E-state index contributed by atoms with van der Waals surface area (Å²) >= 11 is 12.7. The van der Waals surface area contributed by atoms with E-state index in [1.54, 1.807) is 6.07 Å². The van der Waals surface area contributed by atoms with Crippen LogP contribution in [-0.4, -0.2) is 54.5 Å². The molecule has 1 fully saturated rings. The number of hydrogen-bond acceptors (Lipinski definition) is 5. The number of piperazine rings is 1. The molecule has 1 heterocycles. The van der Waals surface area contributed by atoms with E-state index < -0.39 is 17.7 Å². The van der Waals surface area contributed by atoms with E-state index in [9.17, 15) is 13.9 Å². The van der Waals surface area contributed by atoms with E-state index in [1.165, 1.54) is 6.07 Å². The van der Waals surface area contributed by atoms with Crippen molar-refractivity contribution in [3.8, 4) is 5.75 Å². The van der Waals surface area contributed by atoms with Crippen LogP contribution in [0.2, 0.25) is 10.0 Å². The highest BCUT2D eigenvalue weighted by Crippen LogP contribution is 2.37. The van der Waals surface area contributed by atoms with Crippen LogP contribution >= 0.6 is 23.2 Å². The van der Waals surface area contributed by atoms with Gasteiger partial charge in [0, 0.05) is 37.3 Å². The normalized spacial score (nSPS) is 17.4. The SMILES string of the molecule is OCCOc1ccc(N2CCN(C[C@@H](O)c3ccc(F)c(F)c3)C[C@H]2c2ccc(Cl)cc2)c(Cl)c1. The number of hydrogen-bond donors (Lipinski definition) is 2. The molecular formula is C26H26Cl2F2N2O3. The molecule has 1 aliphatic rings. The fourth-order valence-corrected chi connectivity index (χ4v) is 4.71. The molecule has 186 valence electrons. The molecule has 0 bridgehead atoms. The first-order valence-electron chi connectivity index (χ1n) is 11.3. The number of benzene rings is 3. The van der Waals surface area contributed by atoms with Crippen LogP contribution in [0.4, 0.5) is 14.5 Å². The van der Waals surface area contributed by atoms with E-state index in [1.807, 2.05) is 36.4 Å². The lowest BCUT2D eigenvalue weighted by Gasteiger charge is -2.44. The lowest BCUT2D eigenvalue weighted by Crippen LogP contribution is -2.49. The molecule has 35 heavy (non-hydrogen) atoms. The first-order valence-corrected chi connectivity index (χ1v) is 12.0. The van der Waals surface area contributed by atoms with Crippen molar-refractivity contribution >= 4 is 28.9 Å². The van der Waals surface area contributed by atoms with Gasteiger partial charge in [0.2, 0.25) is 0 Å². The molecule has 0 unspecified atom stereocenters. The van der Waals surface area contributed by atoms with Gasteiger partial charge in [-0.25, -0.2) is 8.78 Å². The van der Waals surface area contributed by atoms with E-state index in [4.69, 9.17) is 33.0 Å². The van der Waals surface area contributed by atoms with Gasteiger partial charge in [0.15, 0.2) is 11.6 Å². The molecular weight excluding hydrogens is 497 g/mol. The predicted octanol–water partition coefficient (Wildman–Crippen LogP) is 5.24. The van der Waals surface area contributed by atoms with Crippen LogP contribution in [0.25, 0.3) is 0 Å². The fourth-order valence-electron chi connectivity index (χ4n) is 4.31. The quantitative estimate of drug-likeness (QED) is 0.423. The maximum Gasteiger partial charge on any atom is 0.159 e. The zero-order chi connectivity index (χ0) is 24.9. The van der Waals surface area contributed by atoms with E-state index in [-0.39, 0.29) is 25.8 Å². The maximum absolute atomic E-state index is 13.7. The van der Waals surface area contributed by atoms with Gasteiger partial charge in [-0.2, -0.15) is 0 Å². The van der Waals surface area contributed by atoms with Crippen molar-refractivity contribution in [1.82, 2.24) is 4.90 Å². The smallest absolute Gasteiger partial charge is 0.159 e. The van der Waals surface area contributed by atoms with Crippen LogP contribution in [-0.2, 0) is 0 Å². The lowest BCUT2D eigenvalue weighted by atomic mass is 10.00. The van der Waals surface area contributed by atoms with Crippen molar-refractivity contribution in [3.63, 3.8) is 0 Å². The number of rotatable bonds is 8. The summed E-state index contributed by atoms with van der Waals surface area (Å²) < 4.78 is 32.4. The van der Waals surface area contributed by atoms with Crippen LogP contribution < -0.4 is 9.64 Å². The number of β-amino-alcohol motifs (C(OH)–C–C–N with tert-alkyl or cyclic N) is 1. The Morgan fingerprint density at radius 1 is 0.971 bits per heavy atom. The van der Waals surface area contributed by atoms with Crippen molar-refractivity contribution in [2.45, 2.75) is 12.1 Å². The zero-order valence-corrected chi connectivity index (χ0v) is 20.4. The number of aliphatic hydroxyl groups excluding tert-OH is 2. The summed E-state index contributed by atoms with van der Waals surface area (Å²) in [4.78, 5) is 4.29. The third kappa shape index (κ3) is 6.23. The predicted molar refractivity (Wildman–Crippen MR) is 133 cm³/mol. The molecule has 0 saturated carbocycles. The van der Waals surface area contributed by atoms with Gasteiger partial charge in [0.25, 0.3) is 0 Å². The standard InChI is InChI=1S/C26H26Cl2F2N2O3/c27-19-4-1-17(2-5-19)25-15-31(16-26(34)18-3-7-22(29)23(30)13-18)9-10-32(25)24-8-6-20(14-21(24)28)35-12-11-33/h1-8,13-14,25-26,33-34H,9-12,15-16H2/t25-,26+/m0/s1. The Labute approximate surface area is 213 Å². The zero-order valence-electron chi connectivity index (χ0n) is 18.9. The van der Waals surface area contributed by atoms with Gasteiger partial charge in [0.1, 0.15) is 12.4 Å². The van der Waals surface area contributed by atoms with Crippen molar-refractivity contribution in [2.75, 3.05) is 44.3 Å². The second kappa shape index (κ2) is 11.5. The molecule has 9 heteroatoms. The van der Waals surface area contributed by atoms with Gasteiger partial charge in [-0.1, -0.05) is 41.4 Å². The first kappa shape index (κ1) is 25.7. The number of anilines is 1. The van der Waals surface area contributed by atoms with E-state index in [0.29, 0.717) is 41.0 Å². The minimum atomic E-state index is -0.980. The van der Waals surface area contributed by atoms with E-state index >= 15 is 0 Å². The van der Waals surface area contributed by atoms with Gasteiger partial charge in [-0.15, -0.1) is 0 Å². The second-order valence-electron chi connectivity index (χ2n) is 8.39. The number of ether oxygens (including phenoxy) is 1. The molecule has 5 nitrogen and oxygen atoms in total. The fraction of sp³-hybridized carbons (Fsp3) is 0.308. The summed E-state index contributed by atoms with van der Waals surface area (Å²) in [6, 6.07) is 16.4. The largest absolute Gasteiger partial charge is 0.491 e. The topological polar surface area (TPSA) is 56.2 Å². The molecule has 2 N–H and O–H groups in total. The van der Waals surface area contributed by atoms with Gasteiger partial charge in [-0.05, 0) is 47.5 Å². The molecule has 0 amide bonds. The molecule has 0 spiro atoms. The van der Waals surface area contributed by atoms with Crippen LogP contribution in [0.5, 0.6) is 5.75 Å². The Balaban J connectivity index is 1.56. The monoisotopic (exact) mass is 522 g/mol. The minimum absolute atomic E-state index is 0.0869. The summed E-state index contributed by atoms with van der Waals surface area (Å²) in [5, 5.41) is 20.8. The van der Waals surface area contributed by atoms with E-state index in [2.05, 4.69) is 9.80 Å². The molecule has 1 aliphatic heterocycles. The summed E-state index contributed by atoms with van der Waals surface area (Å²) in [7, 11) is 0. The van der Waals surface area contributed by atoms with Crippen LogP contribution in [0, 0.1) is 11.6 Å². The third-order valence-electron chi connectivity index (χ3n) is 6.07. The average Bonchev–Trinajstić information content (AvgIpc) is 2.85. The van der Waals surface area contributed by atoms with Crippen LogP contribution in [0.1, 0.15) is 23.3 Å². The van der Waals surface area contributed by atoms with Crippen molar-refractivity contribution in [2.24, 2.45) is 0 Å². The Morgan fingerprint density at radius 2 is 1.74 bits per heavy atom. The summed E-state index contributed by atoms with van der Waals surface area (Å²) in [6.07, 6.45) is -0.964. The molecule has 3 aromatic carbocycles. The summed E-state index contributed by atoms with van der Waals surface area (Å²) in [5.41, 5.74) is 2.19. The number of nitrogens with zero attached hydrogens (tertiary/aromatic N) is 2. The Bertz CT molecular complexity index is 1150. The molecule has 0 aliphatic carbocycles. The summed E-state index contributed by atoms with van der Waals surface area (Å²) in [6.45, 7) is 2.18. The Morgan fingerprint density at radius 3 is 2.43 bits per heavy atom. The Hall–Kier alpha value is -2.42. The average molecular weight is 523 g/mol. The van der Waals surface area contributed by atoms with Gasteiger partial charge in [0.05, 0.1) is 29.5 Å². The van der Waals surface area contributed by atoms with Gasteiger partial charge < -0.3 is 19.8 Å². The molecule has 0 radical (unpaired) electrons. The number of aliphatic hydroxyl groups is 2. The molecule has 1 saturated heterocycles. The van der Waals surface area contributed by atoms with Gasteiger partial charge in [-0.3, -0.25) is 4.90 Å². The van der Waals surface area contributed by atoms with E-state index in [0.717, 1.165) is 23.4 Å². The first-order chi connectivity index (χ1) is 16.9. The molecule has 0 aromatic heterocycles. The minimum Gasteiger partial charge on any atom is -0.491 e. The highest BCUT2D eigenvalue weighted by molar-refractivity contribution is 6.33. The molecule has 3 aromatic rings. The maximum atomic E-state index is 13.7. The lowest BCUT2D eigenvalue weighted by molar-refractivity contribution is 0.100.